The van der Waals surface area contributed by atoms with E-state index in [1.54, 1.807) is 19.5 Å². The van der Waals surface area contributed by atoms with Gasteiger partial charge in [-0.3, -0.25) is 4.90 Å². The van der Waals surface area contributed by atoms with Crippen LogP contribution < -0.4 is 15.9 Å². The Bertz CT molecular complexity index is 1500. The molecule has 1 saturated heterocycles. The molecule has 2 fully saturated rings. The summed E-state index contributed by atoms with van der Waals surface area (Å²) in [6.45, 7) is 15.1. The fourth-order valence-electron chi connectivity index (χ4n) is 6.32. The number of fused-ring (bicyclic) bond motifs is 2. The van der Waals surface area contributed by atoms with E-state index in [0.29, 0.717) is 40.7 Å². The molecule has 0 amide bonds. The van der Waals surface area contributed by atoms with Crippen LogP contribution >= 0.6 is 18.7 Å². The first-order chi connectivity index (χ1) is 18.7. The van der Waals surface area contributed by atoms with Crippen LogP contribution in [-0.4, -0.2) is 53.4 Å². The quantitative estimate of drug-likeness (QED) is 0.210. The van der Waals surface area contributed by atoms with Crippen molar-refractivity contribution in [1.29, 1.82) is 0 Å². The summed E-state index contributed by atoms with van der Waals surface area (Å²) in [7, 11) is -2.51. The zero-order valence-electron chi connectivity index (χ0n) is 22.6. The molecule has 6 rings (SSSR count). The molecular formula is C30H34ClN6OP. The van der Waals surface area contributed by atoms with Crippen LogP contribution in [0.25, 0.3) is 4.85 Å². The largest absolute Gasteiger partial charge is 0.338 e. The van der Waals surface area contributed by atoms with Gasteiger partial charge in [0, 0.05) is 30.1 Å². The average Bonchev–Trinajstić information content (AvgIpc) is 3.46. The highest BCUT2D eigenvalue weighted by Gasteiger charge is 2.62. The number of rotatable bonds is 6. The molecule has 0 radical (unpaired) electrons. The van der Waals surface area contributed by atoms with E-state index in [2.05, 4.69) is 48.5 Å². The molecular weight excluding hydrogens is 527 g/mol. The smallest absolute Gasteiger partial charge is 0.232 e. The van der Waals surface area contributed by atoms with Gasteiger partial charge in [0.05, 0.1) is 23.7 Å². The second-order valence-electron chi connectivity index (χ2n) is 11.6. The predicted molar refractivity (Wildman–Crippen MR) is 160 cm³/mol. The van der Waals surface area contributed by atoms with Crippen molar-refractivity contribution in [2.75, 3.05) is 37.1 Å². The van der Waals surface area contributed by atoms with Gasteiger partial charge in [-0.2, -0.15) is 4.98 Å². The Balaban J connectivity index is 1.15. The molecule has 3 aromatic rings. The van der Waals surface area contributed by atoms with Crippen LogP contribution in [-0.2, 0) is 17.4 Å². The molecule has 1 aromatic heterocycles. The Morgan fingerprint density at radius 3 is 2.51 bits per heavy atom. The topological polar surface area (TPSA) is 74.5 Å². The molecule has 2 aliphatic carbocycles. The maximum atomic E-state index is 12.9. The highest BCUT2D eigenvalue weighted by Crippen LogP contribution is 2.49. The first-order valence-corrected chi connectivity index (χ1v) is 16.6. The molecule has 1 saturated carbocycles. The van der Waals surface area contributed by atoms with Crippen molar-refractivity contribution < 1.29 is 4.57 Å². The number of likely N-dealkylation sites (tertiary alicyclic amines) is 1. The number of nitrogens with zero attached hydrogens (tertiary/aromatic N) is 4. The van der Waals surface area contributed by atoms with Crippen LogP contribution in [0.4, 0.5) is 23.1 Å². The van der Waals surface area contributed by atoms with Gasteiger partial charge in [0.1, 0.15) is 12.2 Å². The zero-order chi connectivity index (χ0) is 27.3. The number of nitrogens with one attached hydrogen (secondary N) is 2. The molecule has 1 aliphatic heterocycles. The third-order valence-corrected chi connectivity index (χ3v) is 10.3. The molecule has 3 atom stereocenters. The summed E-state index contributed by atoms with van der Waals surface area (Å²) in [5.74, 6) is 2.15. The molecule has 9 heteroatoms. The van der Waals surface area contributed by atoms with E-state index in [-0.39, 0.29) is 0 Å². The van der Waals surface area contributed by atoms with Crippen molar-refractivity contribution in [2.45, 2.75) is 44.7 Å². The molecule has 39 heavy (non-hydrogen) atoms. The van der Waals surface area contributed by atoms with Gasteiger partial charge >= 0.3 is 0 Å². The third kappa shape index (κ3) is 5.43. The number of benzene rings is 2. The van der Waals surface area contributed by atoms with E-state index in [1.807, 2.05) is 25.1 Å². The van der Waals surface area contributed by atoms with Gasteiger partial charge in [0.2, 0.25) is 12.0 Å². The summed E-state index contributed by atoms with van der Waals surface area (Å²) in [5.41, 5.74) is 5.53. The van der Waals surface area contributed by atoms with Crippen LogP contribution in [0.1, 0.15) is 29.5 Å². The van der Waals surface area contributed by atoms with Crippen molar-refractivity contribution in [1.82, 2.24) is 14.9 Å². The van der Waals surface area contributed by atoms with Gasteiger partial charge in [-0.15, -0.1) is 0 Å². The first-order valence-electron chi connectivity index (χ1n) is 13.6. The third-order valence-electron chi connectivity index (χ3n) is 8.53. The second-order valence-corrected chi connectivity index (χ2v) is 15.2. The summed E-state index contributed by atoms with van der Waals surface area (Å²) in [4.78, 5) is 15.5. The van der Waals surface area contributed by atoms with Gasteiger partial charge in [0.15, 0.2) is 5.82 Å². The molecule has 2 N–H and O–H groups in total. The average molecular weight is 561 g/mol. The minimum Gasteiger partial charge on any atom is -0.338 e. The molecule has 0 spiro atoms. The number of aromatic nitrogens is 2. The zero-order valence-corrected chi connectivity index (χ0v) is 24.3. The fourth-order valence-corrected chi connectivity index (χ4v) is 7.68. The van der Waals surface area contributed by atoms with Crippen LogP contribution in [0.15, 0.2) is 42.6 Å². The highest BCUT2D eigenvalue weighted by atomic mass is 35.5. The summed E-state index contributed by atoms with van der Waals surface area (Å²) < 4.78 is 12.9. The van der Waals surface area contributed by atoms with E-state index in [0.717, 1.165) is 54.6 Å². The Labute approximate surface area is 235 Å². The number of hydrogen-bond donors (Lipinski definition) is 2. The summed E-state index contributed by atoms with van der Waals surface area (Å²) >= 11 is 6.45. The Morgan fingerprint density at radius 2 is 1.79 bits per heavy atom. The molecule has 202 valence electrons. The van der Waals surface area contributed by atoms with E-state index >= 15 is 0 Å². The maximum Gasteiger partial charge on any atom is 0.232 e. The molecule has 0 bridgehead atoms. The van der Waals surface area contributed by atoms with Gasteiger partial charge in [-0.1, -0.05) is 29.3 Å². The summed E-state index contributed by atoms with van der Waals surface area (Å²) in [6.07, 6.45) is 6.05. The molecule has 2 unspecified atom stereocenters. The van der Waals surface area contributed by atoms with Crippen molar-refractivity contribution in [3.63, 3.8) is 0 Å². The lowest BCUT2D eigenvalue weighted by Crippen LogP contribution is -2.36. The normalized spacial score (nSPS) is 24.3. The fraction of sp³-hybridized carbons (Fsp3) is 0.433. The van der Waals surface area contributed by atoms with Gasteiger partial charge < -0.3 is 20.0 Å². The minimum atomic E-state index is -2.51. The first kappa shape index (κ1) is 26.3. The van der Waals surface area contributed by atoms with Crippen LogP contribution in [0.5, 0.6) is 0 Å². The SMILES string of the molecule is [C-]#[N+]C1C2CN([C@H]3CCc4ccc(Nc5ncc(Cl)c(Nc6ccc(C)cc6P(C)(C)=O)n5)cc4CC3)CC21. The van der Waals surface area contributed by atoms with Crippen LogP contribution in [0.3, 0.4) is 0 Å². The number of piperidine rings is 1. The monoisotopic (exact) mass is 560 g/mol. The van der Waals surface area contributed by atoms with E-state index < -0.39 is 7.14 Å². The van der Waals surface area contributed by atoms with Gasteiger partial charge in [-0.25, -0.2) is 11.6 Å². The predicted octanol–water partition coefficient (Wildman–Crippen LogP) is 6.27. The number of halogens is 1. The molecule has 2 aromatic carbocycles. The molecule has 7 nitrogen and oxygen atoms in total. The Hall–Kier alpha value is -2.91. The van der Waals surface area contributed by atoms with E-state index in [4.69, 9.17) is 18.2 Å². The maximum absolute atomic E-state index is 12.9. The van der Waals surface area contributed by atoms with Crippen molar-refractivity contribution in [3.05, 3.63) is 75.7 Å². The van der Waals surface area contributed by atoms with Crippen molar-refractivity contribution in [3.8, 4) is 0 Å². The van der Waals surface area contributed by atoms with E-state index in [1.165, 1.54) is 17.5 Å². The minimum absolute atomic E-state index is 0.294. The Kier molecular flexibility index (Phi) is 6.91. The molecule has 3 aliphatic rings. The Morgan fingerprint density at radius 1 is 1.05 bits per heavy atom. The van der Waals surface area contributed by atoms with Crippen LogP contribution in [0, 0.1) is 25.3 Å². The second kappa shape index (κ2) is 10.2. The summed E-state index contributed by atoms with van der Waals surface area (Å²) in [5, 5.41) is 7.81. The number of aryl methyl sites for hydroxylation is 3. The molecule has 2 heterocycles. The van der Waals surface area contributed by atoms with Crippen molar-refractivity contribution >= 4 is 47.2 Å². The summed E-state index contributed by atoms with van der Waals surface area (Å²) in [6, 6.07) is 13.3. The lowest BCUT2D eigenvalue weighted by molar-refractivity contribution is 0.199. The number of anilines is 4. The van der Waals surface area contributed by atoms with Gasteiger partial charge in [0.25, 0.3) is 0 Å². The standard InChI is InChI=1S/C30H34ClN6OP/c1-18-5-12-26(27(13-18)39(3,4)38)35-29-25(31)15-33-30(36-29)34-21-9-6-19-7-10-22(11-8-20(19)14-21)37-16-23-24(17-37)28(23)32-2/h5-6,9,12-15,22-24,28H,7-8,10-11,16-17H2,1,3-4H3,(H2,33,34,35,36)/t22-,23?,24?,28?/m0/s1. The van der Waals surface area contributed by atoms with Crippen LogP contribution in [0.2, 0.25) is 5.02 Å². The lowest BCUT2D eigenvalue weighted by Gasteiger charge is -2.27. The number of hydrogen-bond acceptors (Lipinski definition) is 6. The van der Waals surface area contributed by atoms with Gasteiger partial charge in [-0.05, 0) is 81.3 Å². The lowest BCUT2D eigenvalue weighted by atomic mass is 10.0. The highest BCUT2D eigenvalue weighted by molar-refractivity contribution is 7.70. The van der Waals surface area contributed by atoms with Crippen molar-refractivity contribution in [2.24, 2.45) is 11.8 Å². The van der Waals surface area contributed by atoms with E-state index in [9.17, 15) is 4.57 Å².